The largest absolute Gasteiger partial charge is 0.391 e. The molecule has 15 heavy (non-hydrogen) atoms. The van der Waals surface area contributed by atoms with Crippen LogP contribution in [0.15, 0.2) is 10.7 Å². The highest BCUT2D eigenvalue weighted by molar-refractivity contribution is 9.10. The number of aliphatic hydroxyl groups is 1. The van der Waals surface area contributed by atoms with Crippen LogP contribution in [0.2, 0.25) is 0 Å². The van der Waals surface area contributed by atoms with Gasteiger partial charge in [0.1, 0.15) is 0 Å². The number of aryl methyl sites for hydroxylation is 1. The lowest BCUT2D eigenvalue weighted by Gasteiger charge is -2.30. The van der Waals surface area contributed by atoms with Gasteiger partial charge in [-0.3, -0.25) is 0 Å². The zero-order valence-electron chi connectivity index (χ0n) is 8.65. The van der Waals surface area contributed by atoms with E-state index < -0.39 is 0 Å². The lowest BCUT2D eigenvalue weighted by atomic mass is 10.1. The fraction of sp³-hybridized carbons (Fsp3) is 0.600. The molecule has 0 aromatic carbocycles. The monoisotopic (exact) mass is 271 g/mol. The molecule has 1 unspecified atom stereocenters. The van der Waals surface area contributed by atoms with Crippen LogP contribution in [0, 0.1) is 6.92 Å². The highest BCUT2D eigenvalue weighted by atomic mass is 79.9. The van der Waals surface area contributed by atoms with Crippen molar-refractivity contribution in [3.63, 3.8) is 0 Å². The molecule has 1 aromatic heterocycles. The number of halogens is 1. The lowest BCUT2D eigenvalue weighted by molar-refractivity contribution is 0.153. The molecule has 1 aromatic rings. The van der Waals surface area contributed by atoms with Crippen LogP contribution in [0.4, 0.5) is 5.95 Å². The first-order valence-electron chi connectivity index (χ1n) is 5.09. The first kappa shape index (κ1) is 10.8. The van der Waals surface area contributed by atoms with E-state index in [0.29, 0.717) is 6.54 Å². The normalized spacial score (nSPS) is 21.8. The van der Waals surface area contributed by atoms with Gasteiger partial charge < -0.3 is 10.0 Å². The number of nitrogens with zero attached hydrogens (tertiary/aromatic N) is 3. The number of hydrogen-bond acceptors (Lipinski definition) is 4. The molecule has 2 rings (SSSR count). The zero-order valence-corrected chi connectivity index (χ0v) is 10.2. The molecule has 0 saturated carbocycles. The van der Waals surface area contributed by atoms with Crippen LogP contribution in [0.3, 0.4) is 0 Å². The van der Waals surface area contributed by atoms with Crippen LogP contribution in [-0.2, 0) is 0 Å². The molecule has 0 bridgehead atoms. The molecular weight excluding hydrogens is 258 g/mol. The van der Waals surface area contributed by atoms with Gasteiger partial charge in [-0.25, -0.2) is 9.97 Å². The molecule has 2 heterocycles. The van der Waals surface area contributed by atoms with Gasteiger partial charge in [-0.2, -0.15) is 0 Å². The second kappa shape index (κ2) is 4.45. The highest BCUT2D eigenvalue weighted by Gasteiger charge is 2.19. The van der Waals surface area contributed by atoms with Crippen LogP contribution < -0.4 is 4.90 Å². The average Bonchev–Trinajstić information content (AvgIpc) is 2.22. The van der Waals surface area contributed by atoms with E-state index in [1.807, 2.05) is 11.8 Å². The Kier molecular flexibility index (Phi) is 3.21. The topological polar surface area (TPSA) is 49.2 Å². The Morgan fingerprint density at radius 2 is 2.40 bits per heavy atom. The van der Waals surface area contributed by atoms with E-state index in [0.717, 1.165) is 35.5 Å². The number of β-amino-alcohol motifs (C(OH)–C–C–N with tert-alkyl or cyclic N) is 1. The quantitative estimate of drug-likeness (QED) is 0.841. The summed E-state index contributed by atoms with van der Waals surface area (Å²) in [6.45, 7) is 3.51. The number of aromatic nitrogens is 2. The van der Waals surface area contributed by atoms with Crippen molar-refractivity contribution in [2.45, 2.75) is 25.9 Å². The van der Waals surface area contributed by atoms with Gasteiger partial charge in [0.25, 0.3) is 0 Å². The zero-order chi connectivity index (χ0) is 10.8. The fourth-order valence-corrected chi connectivity index (χ4v) is 1.92. The molecule has 1 fully saturated rings. The summed E-state index contributed by atoms with van der Waals surface area (Å²) in [6.07, 6.45) is 3.40. The van der Waals surface area contributed by atoms with Crippen LogP contribution >= 0.6 is 15.9 Å². The molecule has 0 amide bonds. The fourth-order valence-electron chi connectivity index (χ4n) is 1.73. The van der Waals surface area contributed by atoms with E-state index in [1.54, 1.807) is 6.20 Å². The SMILES string of the molecule is Cc1nc(N2CCCC(O)C2)ncc1Br. The van der Waals surface area contributed by atoms with Crippen molar-refractivity contribution >= 4 is 21.9 Å². The summed E-state index contributed by atoms with van der Waals surface area (Å²) in [4.78, 5) is 10.7. The molecule has 0 radical (unpaired) electrons. The van der Waals surface area contributed by atoms with Gasteiger partial charge in [-0.05, 0) is 35.7 Å². The van der Waals surface area contributed by atoms with Gasteiger partial charge >= 0.3 is 0 Å². The van der Waals surface area contributed by atoms with E-state index in [1.165, 1.54) is 0 Å². The summed E-state index contributed by atoms with van der Waals surface area (Å²) >= 11 is 3.37. The molecule has 1 N–H and O–H groups in total. The second-order valence-electron chi connectivity index (χ2n) is 3.85. The average molecular weight is 272 g/mol. The van der Waals surface area contributed by atoms with Crippen LogP contribution in [0.1, 0.15) is 18.5 Å². The van der Waals surface area contributed by atoms with Gasteiger partial charge in [0, 0.05) is 19.3 Å². The minimum absolute atomic E-state index is 0.244. The van der Waals surface area contributed by atoms with Crippen LogP contribution in [0.5, 0.6) is 0 Å². The molecule has 1 aliphatic rings. The van der Waals surface area contributed by atoms with Crippen molar-refractivity contribution in [1.29, 1.82) is 0 Å². The number of aliphatic hydroxyl groups excluding tert-OH is 1. The summed E-state index contributed by atoms with van der Waals surface area (Å²) in [6, 6.07) is 0. The molecular formula is C10H14BrN3O. The van der Waals surface area contributed by atoms with Gasteiger partial charge in [0.05, 0.1) is 16.3 Å². The van der Waals surface area contributed by atoms with Crippen LogP contribution in [-0.4, -0.2) is 34.3 Å². The van der Waals surface area contributed by atoms with E-state index in [9.17, 15) is 5.11 Å². The third kappa shape index (κ3) is 2.46. The maximum absolute atomic E-state index is 9.56. The lowest BCUT2D eigenvalue weighted by Crippen LogP contribution is -2.39. The van der Waals surface area contributed by atoms with Crippen molar-refractivity contribution in [3.05, 3.63) is 16.4 Å². The summed E-state index contributed by atoms with van der Waals surface area (Å²) in [5.74, 6) is 0.717. The minimum Gasteiger partial charge on any atom is -0.391 e. The molecule has 0 aliphatic carbocycles. The van der Waals surface area contributed by atoms with Crippen molar-refractivity contribution in [2.24, 2.45) is 0 Å². The number of piperidine rings is 1. The Morgan fingerprint density at radius 1 is 1.60 bits per heavy atom. The first-order valence-corrected chi connectivity index (χ1v) is 5.88. The minimum atomic E-state index is -0.244. The maximum Gasteiger partial charge on any atom is 0.225 e. The third-order valence-corrected chi connectivity index (χ3v) is 3.36. The van der Waals surface area contributed by atoms with E-state index in [-0.39, 0.29) is 6.10 Å². The van der Waals surface area contributed by atoms with Crippen LogP contribution in [0.25, 0.3) is 0 Å². The molecule has 5 heteroatoms. The van der Waals surface area contributed by atoms with E-state index in [2.05, 4.69) is 25.9 Å². The van der Waals surface area contributed by atoms with Crippen molar-refractivity contribution < 1.29 is 5.11 Å². The van der Waals surface area contributed by atoms with E-state index >= 15 is 0 Å². The summed E-state index contributed by atoms with van der Waals surface area (Å²) in [5.41, 5.74) is 0.931. The molecule has 0 spiro atoms. The maximum atomic E-state index is 9.56. The molecule has 1 atom stereocenters. The van der Waals surface area contributed by atoms with Gasteiger partial charge in [-0.15, -0.1) is 0 Å². The predicted molar refractivity (Wildman–Crippen MR) is 61.9 cm³/mol. The van der Waals surface area contributed by atoms with Crippen molar-refractivity contribution in [3.8, 4) is 0 Å². The number of hydrogen-bond donors (Lipinski definition) is 1. The van der Waals surface area contributed by atoms with Crippen molar-refractivity contribution in [2.75, 3.05) is 18.0 Å². The Balaban J connectivity index is 2.18. The van der Waals surface area contributed by atoms with Crippen molar-refractivity contribution in [1.82, 2.24) is 9.97 Å². The number of anilines is 1. The molecule has 4 nitrogen and oxygen atoms in total. The summed E-state index contributed by atoms with van der Waals surface area (Å²) in [7, 11) is 0. The van der Waals surface area contributed by atoms with Gasteiger partial charge in [0.2, 0.25) is 5.95 Å². The Labute approximate surface area is 97.5 Å². The molecule has 1 aliphatic heterocycles. The van der Waals surface area contributed by atoms with Gasteiger partial charge in [-0.1, -0.05) is 0 Å². The Morgan fingerprint density at radius 3 is 3.07 bits per heavy atom. The first-order chi connectivity index (χ1) is 7.16. The Bertz CT molecular complexity index is 359. The molecule has 1 saturated heterocycles. The molecule has 82 valence electrons. The second-order valence-corrected chi connectivity index (χ2v) is 4.70. The number of rotatable bonds is 1. The standard InChI is InChI=1S/C10H14BrN3O/c1-7-9(11)5-12-10(13-7)14-4-2-3-8(15)6-14/h5,8,15H,2-4,6H2,1H3. The Hall–Kier alpha value is -0.680. The smallest absolute Gasteiger partial charge is 0.225 e. The third-order valence-electron chi connectivity index (χ3n) is 2.59. The highest BCUT2D eigenvalue weighted by Crippen LogP contribution is 2.19. The summed E-state index contributed by atoms with van der Waals surface area (Å²) < 4.78 is 0.920. The van der Waals surface area contributed by atoms with E-state index in [4.69, 9.17) is 0 Å². The predicted octanol–water partition coefficient (Wildman–Crippen LogP) is 1.51. The summed E-state index contributed by atoms with van der Waals surface area (Å²) in [5, 5.41) is 9.56. The van der Waals surface area contributed by atoms with Gasteiger partial charge in [0.15, 0.2) is 0 Å².